The lowest BCUT2D eigenvalue weighted by molar-refractivity contribution is -0.128. The second kappa shape index (κ2) is 6.41. The van der Waals surface area contributed by atoms with Crippen molar-refractivity contribution in [3.63, 3.8) is 0 Å². The lowest BCUT2D eigenvalue weighted by Crippen LogP contribution is -2.34. The van der Waals surface area contributed by atoms with Crippen molar-refractivity contribution in [3.05, 3.63) is 57.8 Å². The highest BCUT2D eigenvalue weighted by atomic mass is 32.1. The molecule has 1 aromatic carbocycles. The zero-order valence-electron chi connectivity index (χ0n) is 12.6. The number of carbonyl (C=O) groups excluding carboxylic acids is 1. The number of hydrogen-bond donors (Lipinski definition) is 2. The zero-order valence-corrected chi connectivity index (χ0v) is 13.4. The van der Waals surface area contributed by atoms with Gasteiger partial charge in [-0.05, 0) is 17.7 Å². The largest absolute Gasteiger partial charge is 0.383 e. The number of benzene rings is 1. The van der Waals surface area contributed by atoms with Crippen LogP contribution in [0, 0.1) is 5.41 Å². The highest BCUT2D eigenvalue weighted by Crippen LogP contribution is 2.28. The Morgan fingerprint density at radius 2 is 1.86 bits per heavy atom. The second-order valence-corrected chi connectivity index (χ2v) is 7.25. The van der Waals surface area contributed by atoms with Gasteiger partial charge < -0.3 is 10.4 Å². The normalized spacial score (nSPS) is 13.0. The maximum absolute atomic E-state index is 11.8. The summed E-state index contributed by atoms with van der Waals surface area (Å²) in [7, 11) is 0. The van der Waals surface area contributed by atoms with Gasteiger partial charge in [0.25, 0.3) is 0 Å². The van der Waals surface area contributed by atoms with Crippen molar-refractivity contribution >= 4 is 17.2 Å². The lowest BCUT2D eigenvalue weighted by Gasteiger charge is -2.17. The van der Waals surface area contributed by atoms with Crippen LogP contribution in [0.15, 0.2) is 42.5 Å². The van der Waals surface area contributed by atoms with Crippen LogP contribution in [-0.4, -0.2) is 11.0 Å². The fraction of sp³-hybridized carbons (Fsp3) is 0.353. The maximum atomic E-state index is 11.8. The molecule has 1 atom stereocenters. The Balaban J connectivity index is 2.00. The third-order valence-corrected chi connectivity index (χ3v) is 4.31. The van der Waals surface area contributed by atoms with Gasteiger partial charge in [0.15, 0.2) is 0 Å². The SMILES string of the molecule is CC(C)(C)C(=O)NCc1ccc(C(O)c2ccccc2)s1. The van der Waals surface area contributed by atoms with Gasteiger partial charge in [-0.15, -0.1) is 11.3 Å². The Kier molecular flexibility index (Phi) is 4.80. The quantitative estimate of drug-likeness (QED) is 0.908. The summed E-state index contributed by atoms with van der Waals surface area (Å²) in [6.45, 7) is 6.17. The van der Waals surface area contributed by atoms with E-state index < -0.39 is 6.10 Å². The molecular formula is C17H21NO2S. The van der Waals surface area contributed by atoms with Crippen LogP contribution in [0.2, 0.25) is 0 Å². The van der Waals surface area contributed by atoms with E-state index >= 15 is 0 Å². The summed E-state index contributed by atoms with van der Waals surface area (Å²) in [6, 6.07) is 13.4. The van der Waals surface area contributed by atoms with Crippen LogP contribution >= 0.6 is 11.3 Å². The van der Waals surface area contributed by atoms with E-state index in [9.17, 15) is 9.90 Å². The van der Waals surface area contributed by atoms with Gasteiger partial charge in [-0.2, -0.15) is 0 Å². The summed E-state index contributed by atoms with van der Waals surface area (Å²) in [5.74, 6) is 0.0288. The number of aliphatic hydroxyl groups is 1. The summed E-state index contributed by atoms with van der Waals surface area (Å²) < 4.78 is 0. The molecule has 112 valence electrons. The Morgan fingerprint density at radius 1 is 1.19 bits per heavy atom. The molecule has 0 saturated heterocycles. The van der Waals surface area contributed by atoms with E-state index in [1.165, 1.54) is 11.3 Å². The average Bonchev–Trinajstić information content (AvgIpc) is 2.92. The predicted molar refractivity (Wildman–Crippen MR) is 86.1 cm³/mol. The van der Waals surface area contributed by atoms with Crippen LogP contribution in [0.4, 0.5) is 0 Å². The molecule has 2 rings (SSSR count). The Morgan fingerprint density at radius 3 is 2.48 bits per heavy atom. The number of thiophene rings is 1. The van der Waals surface area contributed by atoms with E-state index in [4.69, 9.17) is 0 Å². The van der Waals surface area contributed by atoms with E-state index in [0.29, 0.717) is 6.54 Å². The molecule has 0 fully saturated rings. The van der Waals surface area contributed by atoms with E-state index in [2.05, 4.69) is 5.32 Å². The van der Waals surface area contributed by atoms with Crippen molar-refractivity contribution in [2.45, 2.75) is 33.4 Å². The number of carbonyl (C=O) groups is 1. The molecule has 0 aliphatic heterocycles. The smallest absolute Gasteiger partial charge is 0.225 e. The monoisotopic (exact) mass is 303 g/mol. The molecule has 0 radical (unpaired) electrons. The fourth-order valence-corrected chi connectivity index (χ4v) is 2.84. The van der Waals surface area contributed by atoms with E-state index in [1.807, 2.05) is 63.2 Å². The van der Waals surface area contributed by atoms with Gasteiger partial charge in [-0.25, -0.2) is 0 Å². The van der Waals surface area contributed by atoms with E-state index in [0.717, 1.165) is 15.3 Å². The summed E-state index contributed by atoms with van der Waals surface area (Å²) in [4.78, 5) is 13.8. The molecular weight excluding hydrogens is 282 g/mol. The van der Waals surface area contributed by atoms with Crippen LogP contribution in [0.1, 0.15) is 42.2 Å². The molecule has 1 heterocycles. The molecule has 0 aliphatic rings. The van der Waals surface area contributed by atoms with Crippen molar-refractivity contribution in [2.24, 2.45) is 5.41 Å². The maximum Gasteiger partial charge on any atom is 0.225 e. The molecule has 0 spiro atoms. The predicted octanol–water partition coefficient (Wildman–Crippen LogP) is 3.49. The molecule has 0 saturated carbocycles. The van der Waals surface area contributed by atoms with Gasteiger partial charge in [-0.3, -0.25) is 4.79 Å². The fourth-order valence-electron chi connectivity index (χ4n) is 1.87. The van der Waals surface area contributed by atoms with Gasteiger partial charge in [0.1, 0.15) is 6.10 Å². The summed E-state index contributed by atoms with van der Waals surface area (Å²) >= 11 is 1.52. The zero-order chi connectivity index (χ0) is 15.5. The van der Waals surface area contributed by atoms with Crippen LogP contribution in [-0.2, 0) is 11.3 Å². The number of rotatable bonds is 4. The molecule has 4 heteroatoms. The highest BCUT2D eigenvalue weighted by Gasteiger charge is 2.21. The minimum atomic E-state index is -0.608. The number of aliphatic hydroxyl groups excluding tert-OH is 1. The molecule has 2 aromatic rings. The Bertz CT molecular complexity index is 599. The summed E-state index contributed by atoms with van der Waals surface area (Å²) in [6.07, 6.45) is -0.608. The minimum Gasteiger partial charge on any atom is -0.383 e. The van der Waals surface area contributed by atoms with Crippen molar-refractivity contribution in [1.29, 1.82) is 0 Å². The first kappa shape index (κ1) is 15.7. The molecule has 0 bridgehead atoms. The molecule has 3 nitrogen and oxygen atoms in total. The van der Waals surface area contributed by atoms with Gasteiger partial charge in [0, 0.05) is 15.2 Å². The molecule has 1 amide bonds. The van der Waals surface area contributed by atoms with Gasteiger partial charge >= 0.3 is 0 Å². The van der Waals surface area contributed by atoms with Crippen LogP contribution in [0.3, 0.4) is 0 Å². The van der Waals surface area contributed by atoms with Crippen LogP contribution < -0.4 is 5.32 Å². The average molecular weight is 303 g/mol. The van der Waals surface area contributed by atoms with E-state index in [-0.39, 0.29) is 11.3 Å². The Hall–Kier alpha value is -1.65. The molecule has 0 aliphatic carbocycles. The topological polar surface area (TPSA) is 49.3 Å². The third kappa shape index (κ3) is 4.16. The van der Waals surface area contributed by atoms with Crippen molar-refractivity contribution < 1.29 is 9.90 Å². The first-order valence-electron chi connectivity index (χ1n) is 6.98. The molecule has 1 unspecified atom stereocenters. The van der Waals surface area contributed by atoms with Gasteiger partial charge in [0.2, 0.25) is 5.91 Å². The first-order chi connectivity index (χ1) is 9.88. The number of amides is 1. The van der Waals surface area contributed by atoms with Crippen LogP contribution in [0.25, 0.3) is 0 Å². The Labute approximate surface area is 129 Å². The lowest BCUT2D eigenvalue weighted by atomic mass is 9.96. The number of nitrogens with one attached hydrogen (secondary N) is 1. The van der Waals surface area contributed by atoms with Crippen molar-refractivity contribution in [3.8, 4) is 0 Å². The summed E-state index contributed by atoms with van der Waals surface area (Å²) in [5.41, 5.74) is 0.494. The van der Waals surface area contributed by atoms with Gasteiger partial charge in [-0.1, -0.05) is 51.1 Å². The second-order valence-electron chi connectivity index (χ2n) is 6.05. The van der Waals surface area contributed by atoms with Crippen LogP contribution in [0.5, 0.6) is 0 Å². The first-order valence-corrected chi connectivity index (χ1v) is 7.79. The third-order valence-electron chi connectivity index (χ3n) is 3.17. The molecule has 2 N–H and O–H groups in total. The standard InChI is InChI=1S/C17H21NO2S/c1-17(2,3)16(20)18-11-13-9-10-14(21-13)15(19)12-7-5-4-6-8-12/h4-10,15,19H,11H2,1-3H3,(H,18,20). The minimum absolute atomic E-state index is 0.0288. The van der Waals surface area contributed by atoms with Gasteiger partial charge in [0.05, 0.1) is 6.54 Å². The number of hydrogen-bond acceptors (Lipinski definition) is 3. The molecule has 1 aromatic heterocycles. The van der Waals surface area contributed by atoms with E-state index in [1.54, 1.807) is 0 Å². The van der Waals surface area contributed by atoms with Crippen molar-refractivity contribution in [1.82, 2.24) is 5.32 Å². The summed E-state index contributed by atoms with van der Waals surface area (Å²) in [5, 5.41) is 13.3. The van der Waals surface area contributed by atoms with Crippen molar-refractivity contribution in [2.75, 3.05) is 0 Å². The molecule has 21 heavy (non-hydrogen) atoms. The highest BCUT2D eigenvalue weighted by molar-refractivity contribution is 7.12.